The van der Waals surface area contributed by atoms with Crippen molar-refractivity contribution in [1.29, 1.82) is 0 Å². The fraction of sp³-hybridized carbons (Fsp3) is 1.00. The van der Waals surface area contributed by atoms with Gasteiger partial charge in [0, 0.05) is 25.4 Å². The van der Waals surface area contributed by atoms with Crippen molar-refractivity contribution >= 4 is 0 Å². The number of rotatable bonds is 11. The second-order valence-corrected chi connectivity index (χ2v) is 4.01. The lowest BCUT2D eigenvalue weighted by molar-refractivity contribution is -0.480. The lowest BCUT2D eigenvalue weighted by Crippen LogP contribution is -2.30. The Morgan fingerprint density at radius 3 is 2.25 bits per heavy atom. The van der Waals surface area contributed by atoms with E-state index in [1.54, 1.807) is 5.01 Å². The summed E-state index contributed by atoms with van der Waals surface area (Å²) >= 11 is 0. The van der Waals surface area contributed by atoms with Crippen molar-refractivity contribution in [3.05, 3.63) is 10.1 Å². The topological polar surface area (TPSA) is 67.6 Å². The molecule has 96 valence electrons. The molecule has 6 heteroatoms. The molecule has 0 fully saturated rings. The van der Waals surface area contributed by atoms with Crippen LogP contribution >= 0.6 is 0 Å². The Morgan fingerprint density at radius 1 is 1.12 bits per heavy atom. The van der Waals surface area contributed by atoms with Gasteiger partial charge in [0.15, 0.2) is 0 Å². The molecular weight excluding hydrogens is 210 g/mol. The van der Waals surface area contributed by atoms with Crippen LogP contribution in [0.4, 0.5) is 0 Å². The minimum atomic E-state index is -0.249. The smallest absolute Gasteiger partial charge is 0.203 e. The van der Waals surface area contributed by atoms with E-state index in [0.29, 0.717) is 13.0 Å². The van der Waals surface area contributed by atoms with Crippen LogP contribution in [0.5, 0.6) is 0 Å². The molecule has 0 heterocycles. The highest BCUT2D eigenvalue weighted by Crippen LogP contribution is 2.05. The largest absolute Gasteiger partial charge is 0.287 e. The molecule has 0 aromatic carbocycles. The molecule has 0 aliphatic carbocycles. The molecule has 1 N–H and O–H groups in total. The number of nitrogens with one attached hydrogen (secondary N) is 1. The van der Waals surface area contributed by atoms with Gasteiger partial charge in [0.25, 0.3) is 0 Å². The first kappa shape index (κ1) is 15.3. The molecule has 0 unspecified atom stereocenters. The standard InChI is InChI=1S/C10H23N3O3/c1-12(2)11-16-10-8-6-4-3-5-7-9-13(14)15/h11H,3-10H2,1-2H3. The van der Waals surface area contributed by atoms with Crippen LogP contribution in [0.25, 0.3) is 0 Å². The van der Waals surface area contributed by atoms with Crippen molar-refractivity contribution in [1.82, 2.24) is 10.6 Å². The Labute approximate surface area is 97.0 Å². The minimum absolute atomic E-state index is 0.107. The van der Waals surface area contributed by atoms with Crippen LogP contribution in [-0.2, 0) is 4.84 Å². The van der Waals surface area contributed by atoms with Crippen molar-refractivity contribution < 1.29 is 9.76 Å². The maximum Gasteiger partial charge on any atom is 0.203 e. The van der Waals surface area contributed by atoms with Gasteiger partial charge in [0.05, 0.1) is 6.61 Å². The van der Waals surface area contributed by atoms with Gasteiger partial charge in [-0.1, -0.05) is 19.3 Å². The summed E-state index contributed by atoms with van der Waals surface area (Å²) in [5.74, 6) is 0. The molecule has 0 spiro atoms. The molecule has 0 saturated carbocycles. The van der Waals surface area contributed by atoms with Crippen LogP contribution in [0.2, 0.25) is 0 Å². The van der Waals surface area contributed by atoms with E-state index in [1.165, 1.54) is 0 Å². The normalized spacial score (nSPS) is 10.9. The molecular formula is C10H23N3O3. The Morgan fingerprint density at radius 2 is 1.69 bits per heavy atom. The van der Waals surface area contributed by atoms with Crippen LogP contribution in [-0.4, -0.2) is 37.2 Å². The average molecular weight is 233 g/mol. The van der Waals surface area contributed by atoms with Crippen molar-refractivity contribution in [3.8, 4) is 0 Å². The van der Waals surface area contributed by atoms with E-state index >= 15 is 0 Å². The molecule has 16 heavy (non-hydrogen) atoms. The summed E-state index contributed by atoms with van der Waals surface area (Å²) in [6.07, 6.45) is 6.01. The van der Waals surface area contributed by atoms with E-state index in [1.807, 2.05) is 14.1 Å². The monoisotopic (exact) mass is 233 g/mol. The third kappa shape index (κ3) is 13.3. The SMILES string of the molecule is CN(C)NOCCCCCCCC[N+](=O)[O-]. The van der Waals surface area contributed by atoms with Gasteiger partial charge < -0.3 is 0 Å². The predicted molar refractivity (Wildman–Crippen MR) is 62.3 cm³/mol. The minimum Gasteiger partial charge on any atom is -0.287 e. The summed E-state index contributed by atoms with van der Waals surface area (Å²) in [5, 5.41) is 11.8. The van der Waals surface area contributed by atoms with Gasteiger partial charge in [-0.05, 0) is 12.8 Å². The second-order valence-electron chi connectivity index (χ2n) is 4.01. The zero-order valence-electron chi connectivity index (χ0n) is 10.3. The maximum atomic E-state index is 10.0. The third-order valence-corrected chi connectivity index (χ3v) is 2.08. The number of unbranched alkanes of at least 4 members (excludes halogenated alkanes) is 5. The first-order valence-corrected chi connectivity index (χ1v) is 5.79. The molecule has 0 amide bonds. The molecule has 0 radical (unpaired) electrons. The summed E-state index contributed by atoms with van der Waals surface area (Å²) < 4.78 is 0. The molecule has 0 aliphatic heterocycles. The quantitative estimate of drug-likeness (QED) is 0.333. The van der Waals surface area contributed by atoms with Gasteiger partial charge in [-0.2, -0.15) is 0 Å². The maximum absolute atomic E-state index is 10.0. The van der Waals surface area contributed by atoms with Crippen molar-refractivity contribution in [2.24, 2.45) is 0 Å². The molecule has 0 saturated heterocycles. The van der Waals surface area contributed by atoms with Gasteiger partial charge in [-0.3, -0.25) is 15.0 Å². The van der Waals surface area contributed by atoms with E-state index in [-0.39, 0.29) is 11.5 Å². The highest BCUT2D eigenvalue weighted by atomic mass is 16.7. The number of hydrazine groups is 1. The number of hydrogen-bond donors (Lipinski definition) is 1. The van der Waals surface area contributed by atoms with Crippen LogP contribution < -0.4 is 5.59 Å². The Balaban J connectivity index is 2.96. The highest BCUT2D eigenvalue weighted by Gasteiger charge is 1.97. The fourth-order valence-corrected chi connectivity index (χ4v) is 1.30. The van der Waals surface area contributed by atoms with E-state index in [4.69, 9.17) is 4.84 Å². The molecule has 6 nitrogen and oxygen atoms in total. The first-order valence-electron chi connectivity index (χ1n) is 5.79. The van der Waals surface area contributed by atoms with Crippen molar-refractivity contribution in [2.75, 3.05) is 27.2 Å². The Kier molecular flexibility index (Phi) is 10.3. The summed E-state index contributed by atoms with van der Waals surface area (Å²) in [4.78, 5) is 14.9. The zero-order valence-corrected chi connectivity index (χ0v) is 10.3. The van der Waals surface area contributed by atoms with Gasteiger partial charge >= 0.3 is 0 Å². The van der Waals surface area contributed by atoms with Crippen LogP contribution in [0.1, 0.15) is 38.5 Å². The fourth-order valence-electron chi connectivity index (χ4n) is 1.30. The van der Waals surface area contributed by atoms with Crippen molar-refractivity contribution in [2.45, 2.75) is 38.5 Å². The average Bonchev–Trinajstić information content (AvgIpc) is 2.20. The predicted octanol–water partition coefficient (Wildman–Crippen LogP) is 1.60. The highest BCUT2D eigenvalue weighted by molar-refractivity contribution is 4.44. The Hall–Kier alpha value is -0.720. The number of hydrogen-bond acceptors (Lipinski definition) is 5. The third-order valence-electron chi connectivity index (χ3n) is 2.08. The second kappa shape index (κ2) is 10.8. The van der Waals surface area contributed by atoms with Gasteiger partial charge in [-0.25, -0.2) is 5.01 Å². The molecule has 0 atom stereocenters. The molecule has 0 aliphatic rings. The van der Waals surface area contributed by atoms with Crippen LogP contribution in [0, 0.1) is 10.1 Å². The van der Waals surface area contributed by atoms with Crippen LogP contribution in [0.3, 0.4) is 0 Å². The molecule has 0 bridgehead atoms. The number of nitrogens with zero attached hydrogens (tertiary/aromatic N) is 2. The van der Waals surface area contributed by atoms with E-state index < -0.39 is 0 Å². The van der Waals surface area contributed by atoms with Crippen LogP contribution in [0.15, 0.2) is 0 Å². The lowest BCUT2D eigenvalue weighted by Gasteiger charge is -2.11. The Bertz CT molecular complexity index is 177. The van der Waals surface area contributed by atoms with Gasteiger partial charge in [0.2, 0.25) is 6.54 Å². The molecule has 0 rings (SSSR count). The summed E-state index contributed by atoms with van der Waals surface area (Å²) in [6.45, 7) is 0.808. The summed E-state index contributed by atoms with van der Waals surface area (Å²) in [6, 6.07) is 0. The van der Waals surface area contributed by atoms with E-state index in [9.17, 15) is 10.1 Å². The summed E-state index contributed by atoms with van der Waals surface area (Å²) in [5.41, 5.74) is 2.73. The van der Waals surface area contributed by atoms with Gasteiger partial charge in [0.1, 0.15) is 0 Å². The van der Waals surface area contributed by atoms with Gasteiger partial charge in [-0.15, -0.1) is 5.59 Å². The summed E-state index contributed by atoms with van der Waals surface area (Å²) in [7, 11) is 3.74. The molecule has 0 aromatic heterocycles. The van der Waals surface area contributed by atoms with E-state index in [2.05, 4.69) is 5.59 Å². The zero-order chi connectivity index (χ0) is 12.2. The van der Waals surface area contributed by atoms with Crippen molar-refractivity contribution in [3.63, 3.8) is 0 Å². The number of nitro groups is 1. The molecule has 0 aromatic rings. The van der Waals surface area contributed by atoms with E-state index in [0.717, 1.165) is 32.1 Å². The lowest BCUT2D eigenvalue weighted by atomic mass is 10.1. The first-order chi connectivity index (χ1) is 7.63.